The smallest absolute Gasteiger partial charge is 0.282 e. The third-order valence-electron chi connectivity index (χ3n) is 6.85. The monoisotopic (exact) mass is 487 g/mol. The summed E-state index contributed by atoms with van der Waals surface area (Å²) in [5.74, 6) is -0.0627. The van der Waals surface area contributed by atoms with Crippen LogP contribution in [0.5, 0.6) is 0 Å². The number of likely N-dealkylation sites (tertiary alicyclic amines) is 1. The first kappa shape index (κ1) is 21.6. The van der Waals surface area contributed by atoms with Gasteiger partial charge in [0.05, 0.1) is 15.5 Å². The van der Waals surface area contributed by atoms with E-state index in [9.17, 15) is 13.2 Å². The average molecular weight is 488 g/mol. The number of primary sulfonamides is 1. The molecule has 2 unspecified atom stereocenters. The number of rotatable bonds is 4. The van der Waals surface area contributed by atoms with Crippen LogP contribution in [0.15, 0.2) is 53.4 Å². The first-order valence-corrected chi connectivity index (χ1v) is 12.9. The summed E-state index contributed by atoms with van der Waals surface area (Å²) in [4.78, 5) is 20.8. The van der Waals surface area contributed by atoms with Crippen molar-refractivity contribution < 1.29 is 13.2 Å². The molecule has 0 spiro atoms. The Morgan fingerprint density at radius 1 is 1.03 bits per heavy atom. The van der Waals surface area contributed by atoms with E-state index in [2.05, 4.69) is 13.8 Å². The number of amides is 1. The molecular weight excluding hydrogens is 466 g/mol. The lowest BCUT2D eigenvalue weighted by Gasteiger charge is -2.18. The van der Waals surface area contributed by atoms with E-state index in [0.717, 1.165) is 35.5 Å². The predicted octanol–water partition coefficient (Wildman–Crippen LogP) is 4.65. The van der Waals surface area contributed by atoms with Crippen molar-refractivity contribution in [2.75, 3.05) is 13.1 Å². The van der Waals surface area contributed by atoms with Crippen LogP contribution in [0.25, 0.3) is 21.7 Å². The summed E-state index contributed by atoms with van der Waals surface area (Å²) in [5.41, 5.74) is 2.66. The first-order chi connectivity index (χ1) is 15.0. The molecule has 0 radical (unpaired) electrons. The van der Waals surface area contributed by atoms with Gasteiger partial charge in [-0.2, -0.15) is 0 Å². The average Bonchev–Trinajstić information content (AvgIpc) is 3.04. The Kier molecular flexibility index (Phi) is 4.80. The number of halogens is 1. The van der Waals surface area contributed by atoms with E-state index in [4.69, 9.17) is 21.7 Å². The molecule has 1 amide bonds. The number of piperidine rings is 1. The molecule has 2 heterocycles. The fraction of sp³-hybridized carbons (Fsp3) is 0.304. The Labute approximate surface area is 196 Å². The molecule has 2 N–H and O–H groups in total. The number of carbonyl (C=O) groups excluding carboxylic acids is 1. The zero-order chi connectivity index (χ0) is 22.9. The number of aromatic nitrogens is 1. The first-order valence-electron chi connectivity index (χ1n) is 10.2. The lowest BCUT2D eigenvalue weighted by atomic mass is 10.0. The number of hydrogen-bond donors (Lipinski definition) is 1. The standard InChI is InChI=1S/C23H22ClN3O3S2/c1-22-11-23(22,2)13-27(12-22)21(28)20-26-18(14-3-7-16(24)8-4-14)19(31-20)15-5-9-17(10-6-15)32(25,29)30/h3-10H,11-13H2,1-2H3,(H2,25,29,30). The van der Waals surface area contributed by atoms with E-state index in [1.54, 1.807) is 24.3 Å². The van der Waals surface area contributed by atoms with Gasteiger partial charge >= 0.3 is 0 Å². The van der Waals surface area contributed by atoms with Crippen LogP contribution in [0, 0.1) is 10.8 Å². The van der Waals surface area contributed by atoms with Crippen molar-refractivity contribution in [3.63, 3.8) is 0 Å². The Balaban J connectivity index is 1.55. The van der Waals surface area contributed by atoms with Gasteiger partial charge in [0.15, 0.2) is 5.01 Å². The summed E-state index contributed by atoms with van der Waals surface area (Å²) in [6.07, 6.45) is 1.15. The number of nitrogens with zero attached hydrogens (tertiary/aromatic N) is 2. The third-order valence-corrected chi connectivity index (χ3v) is 9.13. The van der Waals surface area contributed by atoms with Gasteiger partial charge in [-0.1, -0.05) is 49.7 Å². The summed E-state index contributed by atoms with van der Waals surface area (Å²) in [7, 11) is -3.79. The largest absolute Gasteiger partial charge is 0.335 e. The molecule has 5 rings (SSSR count). The molecule has 2 atom stereocenters. The summed E-state index contributed by atoms with van der Waals surface area (Å²) < 4.78 is 23.3. The Bertz CT molecular complexity index is 1320. The Morgan fingerprint density at radius 3 is 2.16 bits per heavy atom. The van der Waals surface area contributed by atoms with Crippen LogP contribution in [-0.2, 0) is 10.0 Å². The maximum absolute atomic E-state index is 13.3. The van der Waals surface area contributed by atoms with Crippen LogP contribution in [0.2, 0.25) is 5.02 Å². The molecule has 2 aromatic carbocycles. The fourth-order valence-electron chi connectivity index (χ4n) is 4.69. The number of nitrogens with two attached hydrogens (primary N) is 1. The fourth-order valence-corrected chi connectivity index (χ4v) is 6.40. The van der Waals surface area contributed by atoms with Gasteiger partial charge in [-0.25, -0.2) is 18.5 Å². The third kappa shape index (κ3) is 3.55. The normalized spacial score (nSPS) is 24.4. The number of benzene rings is 2. The van der Waals surface area contributed by atoms with Gasteiger partial charge in [-0.15, -0.1) is 11.3 Å². The lowest BCUT2D eigenvalue weighted by molar-refractivity contribution is 0.0760. The topological polar surface area (TPSA) is 93.4 Å². The van der Waals surface area contributed by atoms with Gasteiger partial charge in [0.1, 0.15) is 0 Å². The number of thiazole rings is 1. The molecule has 166 valence electrons. The highest BCUT2D eigenvalue weighted by Crippen LogP contribution is 2.67. The molecule has 1 aliphatic heterocycles. The van der Waals surface area contributed by atoms with Crippen molar-refractivity contribution in [1.29, 1.82) is 0 Å². The second kappa shape index (κ2) is 7.12. The second-order valence-corrected chi connectivity index (χ2v) is 12.2. The zero-order valence-corrected chi connectivity index (χ0v) is 20.0. The predicted molar refractivity (Wildman–Crippen MR) is 126 cm³/mol. The minimum atomic E-state index is -3.79. The van der Waals surface area contributed by atoms with Gasteiger partial charge in [0, 0.05) is 23.7 Å². The summed E-state index contributed by atoms with van der Waals surface area (Å²) >= 11 is 7.37. The molecule has 6 nitrogen and oxygen atoms in total. The molecule has 1 saturated heterocycles. The van der Waals surface area contributed by atoms with E-state index in [-0.39, 0.29) is 21.6 Å². The molecule has 0 bridgehead atoms. The Morgan fingerprint density at radius 2 is 1.59 bits per heavy atom. The molecule has 2 fully saturated rings. The van der Waals surface area contributed by atoms with Crippen molar-refractivity contribution in [3.05, 3.63) is 58.6 Å². The van der Waals surface area contributed by atoms with Gasteiger partial charge < -0.3 is 4.90 Å². The van der Waals surface area contributed by atoms with Gasteiger partial charge in [0.25, 0.3) is 5.91 Å². The summed E-state index contributed by atoms with van der Waals surface area (Å²) in [5, 5.41) is 6.26. The molecule has 2 aliphatic rings. The van der Waals surface area contributed by atoms with Crippen LogP contribution in [0.3, 0.4) is 0 Å². The zero-order valence-electron chi connectivity index (χ0n) is 17.6. The number of hydrogen-bond acceptors (Lipinski definition) is 5. The molecule has 1 aromatic heterocycles. The van der Waals surface area contributed by atoms with Crippen molar-refractivity contribution in [2.45, 2.75) is 25.2 Å². The minimum absolute atomic E-state index is 0.0351. The van der Waals surface area contributed by atoms with Crippen molar-refractivity contribution in [3.8, 4) is 21.7 Å². The molecule has 3 aromatic rings. The van der Waals surface area contributed by atoms with Crippen molar-refractivity contribution >= 4 is 38.9 Å². The highest BCUT2D eigenvalue weighted by atomic mass is 35.5. The minimum Gasteiger partial charge on any atom is -0.335 e. The van der Waals surface area contributed by atoms with Crippen LogP contribution in [0.1, 0.15) is 30.1 Å². The number of sulfonamides is 1. The number of carbonyl (C=O) groups is 1. The maximum Gasteiger partial charge on any atom is 0.282 e. The van der Waals surface area contributed by atoms with Gasteiger partial charge in [-0.3, -0.25) is 4.79 Å². The molecular formula is C23H22ClN3O3S2. The highest BCUT2D eigenvalue weighted by molar-refractivity contribution is 7.89. The number of fused-ring (bicyclic) bond motifs is 1. The lowest BCUT2D eigenvalue weighted by Crippen LogP contribution is -2.32. The van der Waals surface area contributed by atoms with Crippen LogP contribution < -0.4 is 5.14 Å². The molecule has 9 heteroatoms. The molecule has 32 heavy (non-hydrogen) atoms. The van der Waals surface area contributed by atoms with Gasteiger partial charge in [-0.05, 0) is 47.1 Å². The maximum atomic E-state index is 13.3. The Hall–Kier alpha value is -2.26. The SMILES string of the molecule is CC12CN(C(=O)c3nc(-c4ccc(Cl)cc4)c(-c4ccc(S(N)(=O)=O)cc4)s3)CC1(C)C2. The second-order valence-electron chi connectivity index (χ2n) is 9.23. The van der Waals surface area contributed by atoms with Crippen molar-refractivity contribution in [2.24, 2.45) is 16.0 Å². The van der Waals surface area contributed by atoms with Crippen LogP contribution in [-0.4, -0.2) is 37.3 Å². The van der Waals surface area contributed by atoms with Crippen LogP contribution >= 0.6 is 22.9 Å². The quantitative estimate of drug-likeness (QED) is 0.579. The van der Waals surface area contributed by atoms with E-state index in [1.165, 1.54) is 23.5 Å². The highest BCUT2D eigenvalue weighted by Gasteiger charge is 2.66. The van der Waals surface area contributed by atoms with Crippen molar-refractivity contribution in [1.82, 2.24) is 9.88 Å². The molecule has 1 aliphatic carbocycles. The van der Waals surface area contributed by atoms with E-state index in [1.807, 2.05) is 17.0 Å². The van der Waals surface area contributed by atoms with Gasteiger partial charge in [0.2, 0.25) is 10.0 Å². The van der Waals surface area contributed by atoms with E-state index in [0.29, 0.717) is 15.7 Å². The summed E-state index contributed by atoms with van der Waals surface area (Å²) in [6.45, 7) is 5.96. The van der Waals surface area contributed by atoms with Crippen LogP contribution in [0.4, 0.5) is 0 Å². The summed E-state index contributed by atoms with van der Waals surface area (Å²) in [6, 6.07) is 13.6. The molecule has 1 saturated carbocycles. The van der Waals surface area contributed by atoms with E-state index < -0.39 is 10.0 Å². The van der Waals surface area contributed by atoms with E-state index >= 15 is 0 Å².